The number of hydrogen-bond donors (Lipinski definition) is 0. The summed E-state index contributed by atoms with van der Waals surface area (Å²) in [5, 5.41) is 0.495. The van der Waals surface area contributed by atoms with Crippen LogP contribution in [0.25, 0.3) is 0 Å². The van der Waals surface area contributed by atoms with Gasteiger partial charge in [-0.3, -0.25) is 4.79 Å². The van der Waals surface area contributed by atoms with E-state index in [4.69, 9.17) is 16.3 Å². The van der Waals surface area contributed by atoms with Crippen LogP contribution < -0.4 is 4.90 Å². The molecule has 0 N–H and O–H groups in total. The van der Waals surface area contributed by atoms with Gasteiger partial charge >= 0.3 is 6.03 Å². The van der Waals surface area contributed by atoms with Gasteiger partial charge in [0.1, 0.15) is 6.04 Å². The molecule has 18 heavy (non-hydrogen) atoms. The molecule has 0 radical (unpaired) electrons. The predicted octanol–water partition coefficient (Wildman–Crippen LogP) is 1.51. The fourth-order valence-electron chi connectivity index (χ4n) is 2.26. The molecule has 5 nitrogen and oxygen atoms in total. The summed E-state index contributed by atoms with van der Waals surface area (Å²) < 4.78 is 5.24. The van der Waals surface area contributed by atoms with Crippen molar-refractivity contribution in [1.82, 2.24) is 4.90 Å². The number of anilines is 1. The summed E-state index contributed by atoms with van der Waals surface area (Å²) in [4.78, 5) is 27.1. The lowest BCUT2D eigenvalue weighted by atomic mass is 10.2. The molecule has 2 heterocycles. The van der Waals surface area contributed by atoms with E-state index in [0.717, 1.165) is 0 Å². The Morgan fingerprint density at radius 2 is 2.17 bits per heavy atom. The predicted molar refractivity (Wildman–Crippen MR) is 65.6 cm³/mol. The first-order valence-electron chi connectivity index (χ1n) is 5.66. The summed E-state index contributed by atoms with van der Waals surface area (Å²) in [5.41, 5.74) is 0.506. The third-order valence-corrected chi connectivity index (χ3v) is 3.37. The molecule has 2 fully saturated rings. The number of urea groups is 1. The van der Waals surface area contributed by atoms with Crippen molar-refractivity contribution < 1.29 is 14.3 Å². The van der Waals surface area contributed by atoms with E-state index in [1.807, 2.05) is 0 Å². The quantitative estimate of drug-likeness (QED) is 0.724. The molecule has 1 unspecified atom stereocenters. The average Bonchev–Trinajstić information content (AvgIpc) is 2.63. The van der Waals surface area contributed by atoms with Crippen molar-refractivity contribution in [3.05, 3.63) is 29.3 Å². The first-order chi connectivity index (χ1) is 8.68. The highest BCUT2D eigenvalue weighted by atomic mass is 35.5. The Bertz CT molecular complexity index is 496. The first-order valence-corrected chi connectivity index (χ1v) is 6.04. The maximum Gasteiger partial charge on any atom is 0.332 e. The summed E-state index contributed by atoms with van der Waals surface area (Å²) in [6.07, 6.45) is 0. The van der Waals surface area contributed by atoms with E-state index in [-0.39, 0.29) is 18.5 Å². The highest BCUT2D eigenvalue weighted by molar-refractivity contribution is 6.31. The molecule has 94 valence electrons. The third kappa shape index (κ3) is 1.67. The van der Waals surface area contributed by atoms with Crippen LogP contribution in [-0.2, 0) is 9.53 Å². The number of nitrogens with zero attached hydrogens (tertiary/aromatic N) is 2. The van der Waals surface area contributed by atoms with E-state index >= 15 is 0 Å². The lowest BCUT2D eigenvalue weighted by Crippen LogP contribution is -2.45. The molecule has 1 aromatic carbocycles. The minimum absolute atomic E-state index is 0.248. The number of carbonyl (C=O) groups excluding carboxylic acids is 2. The van der Waals surface area contributed by atoms with Crippen LogP contribution in [0.1, 0.15) is 0 Å². The van der Waals surface area contributed by atoms with Crippen LogP contribution in [0.4, 0.5) is 10.5 Å². The zero-order valence-electron chi connectivity index (χ0n) is 9.51. The maximum absolute atomic E-state index is 12.2. The van der Waals surface area contributed by atoms with E-state index in [0.29, 0.717) is 23.9 Å². The smallest absolute Gasteiger partial charge is 0.332 e. The van der Waals surface area contributed by atoms with Crippen LogP contribution in [0.2, 0.25) is 5.02 Å². The lowest BCUT2D eigenvalue weighted by Gasteiger charge is -2.26. The maximum atomic E-state index is 12.2. The second-order valence-electron chi connectivity index (χ2n) is 4.22. The fourth-order valence-corrected chi connectivity index (χ4v) is 2.45. The van der Waals surface area contributed by atoms with Crippen LogP contribution >= 0.6 is 11.6 Å². The van der Waals surface area contributed by atoms with Crippen LogP contribution in [0.15, 0.2) is 24.3 Å². The topological polar surface area (TPSA) is 49.9 Å². The standard InChI is InChI=1S/C12H11ClN2O3/c13-8-2-1-3-9(6-8)15-11(16)10-7-18-5-4-14(10)12(15)17/h1-3,6,10H,4-5,7H2. The van der Waals surface area contributed by atoms with Crippen molar-refractivity contribution >= 4 is 29.2 Å². The van der Waals surface area contributed by atoms with Crippen LogP contribution in [0, 0.1) is 0 Å². The second-order valence-corrected chi connectivity index (χ2v) is 4.66. The summed E-state index contributed by atoms with van der Waals surface area (Å²) in [6.45, 7) is 1.19. The van der Waals surface area contributed by atoms with Crippen molar-refractivity contribution in [2.75, 3.05) is 24.7 Å². The Kier molecular flexibility index (Phi) is 2.72. The second kappa shape index (κ2) is 4.26. The third-order valence-electron chi connectivity index (χ3n) is 3.14. The van der Waals surface area contributed by atoms with Crippen molar-refractivity contribution in [3.63, 3.8) is 0 Å². The molecule has 2 aliphatic heterocycles. The van der Waals surface area contributed by atoms with E-state index in [1.165, 1.54) is 4.90 Å². The number of imide groups is 1. The van der Waals surface area contributed by atoms with Gasteiger partial charge in [-0.05, 0) is 18.2 Å². The molecule has 1 atom stereocenters. The van der Waals surface area contributed by atoms with Crippen LogP contribution in [-0.4, -0.2) is 42.6 Å². The van der Waals surface area contributed by atoms with Gasteiger partial charge in [-0.25, -0.2) is 9.69 Å². The summed E-state index contributed by atoms with van der Waals surface area (Å²) in [5.74, 6) is -0.248. The Hall–Kier alpha value is -1.59. The van der Waals surface area contributed by atoms with E-state index in [9.17, 15) is 9.59 Å². The summed E-state index contributed by atoms with van der Waals surface area (Å²) in [6, 6.07) is 5.93. The van der Waals surface area contributed by atoms with Crippen molar-refractivity contribution in [1.29, 1.82) is 0 Å². The van der Waals surface area contributed by atoms with Crippen molar-refractivity contribution in [2.45, 2.75) is 6.04 Å². The van der Waals surface area contributed by atoms with Gasteiger partial charge in [0.25, 0.3) is 5.91 Å². The molecule has 6 heteroatoms. The number of halogens is 1. The Morgan fingerprint density at radius 3 is 2.89 bits per heavy atom. The fraction of sp³-hybridized carbons (Fsp3) is 0.333. The molecule has 3 rings (SSSR count). The summed E-state index contributed by atoms with van der Waals surface area (Å²) >= 11 is 5.88. The Balaban J connectivity index is 1.97. The monoisotopic (exact) mass is 266 g/mol. The van der Waals surface area contributed by atoms with Crippen molar-refractivity contribution in [2.24, 2.45) is 0 Å². The SMILES string of the molecule is O=C1C2COCCN2C(=O)N1c1cccc(Cl)c1. The van der Waals surface area contributed by atoms with Gasteiger partial charge in [-0.1, -0.05) is 17.7 Å². The first kappa shape index (κ1) is 11.5. The number of amides is 3. The summed E-state index contributed by atoms with van der Waals surface area (Å²) in [7, 11) is 0. The van der Waals surface area contributed by atoms with E-state index in [2.05, 4.69) is 0 Å². The van der Waals surface area contributed by atoms with Gasteiger partial charge in [0.05, 0.1) is 18.9 Å². The number of benzene rings is 1. The highest BCUT2D eigenvalue weighted by Crippen LogP contribution is 2.28. The van der Waals surface area contributed by atoms with Crippen LogP contribution in [0.5, 0.6) is 0 Å². The molecule has 0 aromatic heterocycles. The number of hydrogen-bond acceptors (Lipinski definition) is 3. The van der Waals surface area contributed by atoms with Gasteiger partial charge in [0.15, 0.2) is 0 Å². The number of morpholine rings is 1. The zero-order chi connectivity index (χ0) is 12.7. The number of fused-ring (bicyclic) bond motifs is 1. The minimum Gasteiger partial charge on any atom is -0.377 e. The molecule has 2 aliphatic rings. The molecule has 0 spiro atoms. The van der Waals surface area contributed by atoms with Gasteiger partial charge in [-0.15, -0.1) is 0 Å². The van der Waals surface area contributed by atoms with Gasteiger partial charge in [-0.2, -0.15) is 0 Å². The lowest BCUT2D eigenvalue weighted by molar-refractivity contribution is -0.123. The van der Waals surface area contributed by atoms with Crippen molar-refractivity contribution in [3.8, 4) is 0 Å². The van der Waals surface area contributed by atoms with Gasteiger partial charge in [0.2, 0.25) is 0 Å². The molecule has 3 amide bonds. The largest absolute Gasteiger partial charge is 0.377 e. The van der Waals surface area contributed by atoms with Gasteiger partial charge in [0, 0.05) is 11.6 Å². The average molecular weight is 267 g/mol. The molecule has 0 bridgehead atoms. The Labute approximate surface area is 109 Å². The van der Waals surface area contributed by atoms with E-state index in [1.54, 1.807) is 29.2 Å². The molecule has 1 aromatic rings. The Morgan fingerprint density at radius 1 is 1.33 bits per heavy atom. The highest BCUT2D eigenvalue weighted by Gasteiger charge is 2.47. The van der Waals surface area contributed by atoms with E-state index < -0.39 is 6.04 Å². The molecule has 0 saturated carbocycles. The van der Waals surface area contributed by atoms with Crippen LogP contribution in [0.3, 0.4) is 0 Å². The molecule has 0 aliphatic carbocycles. The molecular weight excluding hydrogens is 256 g/mol. The number of carbonyl (C=O) groups is 2. The number of rotatable bonds is 1. The minimum atomic E-state index is -0.495. The molecule has 2 saturated heterocycles. The normalized spacial score (nSPS) is 23.5. The number of ether oxygens (including phenoxy) is 1. The molecular formula is C12H11ClN2O3. The zero-order valence-corrected chi connectivity index (χ0v) is 10.3. The van der Waals surface area contributed by atoms with Gasteiger partial charge < -0.3 is 9.64 Å².